The van der Waals surface area contributed by atoms with Gasteiger partial charge in [-0.15, -0.1) is 0 Å². The van der Waals surface area contributed by atoms with Crippen molar-refractivity contribution in [2.75, 3.05) is 6.61 Å². The van der Waals surface area contributed by atoms with Crippen molar-refractivity contribution < 1.29 is 8.95 Å². The molecular formula is C23H27NO2S. The van der Waals surface area contributed by atoms with Gasteiger partial charge in [0.25, 0.3) is 0 Å². The lowest BCUT2D eigenvalue weighted by Crippen LogP contribution is -2.42. The van der Waals surface area contributed by atoms with Gasteiger partial charge in [-0.05, 0) is 50.3 Å². The van der Waals surface area contributed by atoms with Crippen molar-refractivity contribution in [1.82, 2.24) is 5.32 Å². The van der Waals surface area contributed by atoms with Gasteiger partial charge in [0.15, 0.2) is 0 Å². The van der Waals surface area contributed by atoms with Crippen LogP contribution >= 0.6 is 0 Å². The minimum atomic E-state index is -1.20. The zero-order valence-corrected chi connectivity index (χ0v) is 16.7. The van der Waals surface area contributed by atoms with Gasteiger partial charge in [-0.25, -0.2) is 4.21 Å². The Morgan fingerprint density at radius 1 is 1.04 bits per heavy atom. The van der Waals surface area contributed by atoms with Crippen molar-refractivity contribution in [1.29, 1.82) is 0 Å². The Kier molecular flexibility index (Phi) is 5.46. The molecule has 2 aromatic carbocycles. The summed E-state index contributed by atoms with van der Waals surface area (Å²) in [6.07, 6.45) is 6.39. The van der Waals surface area contributed by atoms with E-state index in [2.05, 4.69) is 24.4 Å². The molecule has 0 amide bonds. The molecule has 1 aliphatic heterocycles. The number of nitrogens with one attached hydrogen (secondary N) is 1. The number of benzene rings is 2. The average molecular weight is 382 g/mol. The van der Waals surface area contributed by atoms with Crippen molar-refractivity contribution in [3.05, 3.63) is 76.3 Å². The number of hydrogen-bond acceptors (Lipinski definition) is 3. The second-order valence-electron chi connectivity index (χ2n) is 7.61. The summed E-state index contributed by atoms with van der Waals surface area (Å²) in [4.78, 5) is 1.79. The van der Waals surface area contributed by atoms with Crippen molar-refractivity contribution >= 4 is 10.8 Å². The molecule has 0 aromatic heterocycles. The highest BCUT2D eigenvalue weighted by Crippen LogP contribution is 2.36. The molecule has 1 heterocycles. The van der Waals surface area contributed by atoms with E-state index in [9.17, 15) is 4.21 Å². The lowest BCUT2D eigenvalue weighted by molar-refractivity contribution is -0.0383. The standard InChI is InChI=1S/C23H27NO2S/c1-18-10-12-20(13-11-18)27(25)22(16-19-8-4-2-5-9-19)21-17-26-23(24-21)14-6-3-7-15-23/h2,4-5,8-13,24H,3,6-7,14-17H2,1H3/b22-21+. The SMILES string of the molecule is Cc1ccc(S(=O)/C(Cc2ccccc2)=C2\COC3(CCCCC3)N2)cc1. The number of aryl methyl sites for hydroxylation is 1. The summed E-state index contributed by atoms with van der Waals surface area (Å²) >= 11 is 0. The van der Waals surface area contributed by atoms with E-state index in [4.69, 9.17) is 4.74 Å². The third-order valence-corrected chi connectivity index (χ3v) is 7.07. The Bertz CT molecular complexity index is 836. The summed E-state index contributed by atoms with van der Waals surface area (Å²) in [7, 11) is -1.20. The fourth-order valence-corrected chi connectivity index (χ4v) is 5.27. The van der Waals surface area contributed by atoms with E-state index >= 15 is 0 Å². The first-order valence-corrected chi connectivity index (χ1v) is 11.0. The van der Waals surface area contributed by atoms with Gasteiger partial charge in [0.1, 0.15) is 5.72 Å². The largest absolute Gasteiger partial charge is 0.358 e. The Labute approximate surface area is 164 Å². The number of rotatable bonds is 4. The van der Waals surface area contributed by atoms with Crippen LogP contribution in [0.3, 0.4) is 0 Å². The molecule has 4 rings (SSSR count). The van der Waals surface area contributed by atoms with Crippen molar-refractivity contribution in [2.24, 2.45) is 0 Å². The summed E-state index contributed by atoms with van der Waals surface area (Å²) in [5.41, 5.74) is 3.12. The van der Waals surface area contributed by atoms with Crippen LogP contribution in [0.5, 0.6) is 0 Å². The maximum Gasteiger partial charge on any atom is 0.139 e. The minimum Gasteiger partial charge on any atom is -0.358 e. The molecule has 1 unspecified atom stereocenters. The van der Waals surface area contributed by atoms with Crippen LogP contribution in [0.2, 0.25) is 0 Å². The highest BCUT2D eigenvalue weighted by Gasteiger charge is 2.39. The molecule has 2 fully saturated rings. The van der Waals surface area contributed by atoms with Gasteiger partial charge in [0.2, 0.25) is 0 Å². The van der Waals surface area contributed by atoms with E-state index in [0.717, 1.165) is 28.3 Å². The first kappa shape index (κ1) is 18.5. The van der Waals surface area contributed by atoms with E-state index in [1.165, 1.54) is 30.4 Å². The van der Waals surface area contributed by atoms with Gasteiger partial charge in [-0.3, -0.25) is 0 Å². The van der Waals surface area contributed by atoms with Crippen LogP contribution in [0.4, 0.5) is 0 Å². The summed E-state index contributed by atoms with van der Waals surface area (Å²) in [6, 6.07) is 18.3. The molecule has 2 aromatic rings. The first-order chi connectivity index (χ1) is 13.2. The highest BCUT2D eigenvalue weighted by molar-refractivity contribution is 7.89. The summed E-state index contributed by atoms with van der Waals surface area (Å²) in [5.74, 6) is 0. The number of hydrogen-bond donors (Lipinski definition) is 1. The fraction of sp³-hybridized carbons (Fsp3) is 0.391. The molecule has 1 N–H and O–H groups in total. The van der Waals surface area contributed by atoms with E-state index in [0.29, 0.717) is 13.0 Å². The normalized spacial score (nSPS) is 21.7. The molecule has 4 heteroatoms. The molecule has 2 aliphatic rings. The van der Waals surface area contributed by atoms with E-state index in [1.807, 2.05) is 42.5 Å². The Morgan fingerprint density at radius 3 is 2.44 bits per heavy atom. The summed E-state index contributed by atoms with van der Waals surface area (Å²) in [5, 5.41) is 3.65. The number of ether oxygens (including phenoxy) is 1. The van der Waals surface area contributed by atoms with Gasteiger partial charge in [0.05, 0.1) is 23.1 Å². The smallest absolute Gasteiger partial charge is 0.139 e. The maximum absolute atomic E-state index is 13.5. The second-order valence-corrected chi connectivity index (χ2v) is 9.12. The molecular weight excluding hydrogens is 354 g/mol. The molecule has 1 spiro atoms. The van der Waals surface area contributed by atoms with Crippen LogP contribution in [0, 0.1) is 6.92 Å². The molecule has 3 nitrogen and oxygen atoms in total. The maximum atomic E-state index is 13.5. The average Bonchev–Trinajstić information content (AvgIpc) is 3.10. The molecule has 0 bridgehead atoms. The lowest BCUT2D eigenvalue weighted by atomic mass is 9.92. The zero-order valence-electron chi connectivity index (χ0n) is 15.9. The van der Waals surface area contributed by atoms with Gasteiger partial charge >= 0.3 is 0 Å². The van der Waals surface area contributed by atoms with Crippen LogP contribution in [-0.2, 0) is 22.0 Å². The van der Waals surface area contributed by atoms with Gasteiger partial charge < -0.3 is 10.1 Å². The monoisotopic (exact) mass is 381 g/mol. The van der Waals surface area contributed by atoms with Crippen LogP contribution in [0.1, 0.15) is 43.2 Å². The molecule has 1 saturated heterocycles. The molecule has 0 radical (unpaired) electrons. The topological polar surface area (TPSA) is 38.3 Å². The van der Waals surface area contributed by atoms with Crippen molar-refractivity contribution in [2.45, 2.75) is 56.1 Å². The van der Waals surface area contributed by atoms with Crippen LogP contribution in [-0.4, -0.2) is 16.5 Å². The third kappa shape index (κ3) is 4.17. The van der Waals surface area contributed by atoms with Gasteiger partial charge in [0, 0.05) is 16.2 Å². The molecule has 142 valence electrons. The van der Waals surface area contributed by atoms with E-state index in [-0.39, 0.29) is 5.72 Å². The third-order valence-electron chi connectivity index (χ3n) is 5.54. The summed E-state index contributed by atoms with van der Waals surface area (Å²) < 4.78 is 19.7. The highest BCUT2D eigenvalue weighted by atomic mass is 32.2. The predicted molar refractivity (Wildman–Crippen MR) is 110 cm³/mol. The fourth-order valence-electron chi connectivity index (χ4n) is 3.97. The van der Waals surface area contributed by atoms with Crippen LogP contribution in [0.15, 0.2) is 70.1 Å². The van der Waals surface area contributed by atoms with Gasteiger partial charge in [-0.1, -0.05) is 54.4 Å². The molecule has 1 aliphatic carbocycles. The summed E-state index contributed by atoms with van der Waals surface area (Å²) in [6.45, 7) is 2.58. The molecule has 27 heavy (non-hydrogen) atoms. The minimum absolute atomic E-state index is 0.243. The zero-order chi connectivity index (χ0) is 18.7. The Balaban J connectivity index is 1.67. The van der Waals surface area contributed by atoms with Crippen LogP contribution < -0.4 is 5.32 Å². The quantitative estimate of drug-likeness (QED) is 0.824. The van der Waals surface area contributed by atoms with Crippen molar-refractivity contribution in [3.8, 4) is 0 Å². The second kappa shape index (κ2) is 7.99. The predicted octanol–water partition coefficient (Wildman–Crippen LogP) is 4.84. The van der Waals surface area contributed by atoms with E-state index in [1.54, 1.807) is 0 Å². The molecule has 1 atom stereocenters. The number of allylic oxidation sites excluding steroid dienone is 1. The van der Waals surface area contributed by atoms with Crippen molar-refractivity contribution in [3.63, 3.8) is 0 Å². The van der Waals surface area contributed by atoms with Crippen LogP contribution in [0.25, 0.3) is 0 Å². The Morgan fingerprint density at radius 2 is 1.74 bits per heavy atom. The lowest BCUT2D eigenvalue weighted by Gasteiger charge is -2.32. The molecule has 1 saturated carbocycles. The van der Waals surface area contributed by atoms with E-state index < -0.39 is 10.8 Å². The van der Waals surface area contributed by atoms with Gasteiger partial charge in [-0.2, -0.15) is 0 Å². The first-order valence-electron chi connectivity index (χ1n) is 9.82. The Hall–Kier alpha value is -1.91.